The summed E-state index contributed by atoms with van der Waals surface area (Å²) in [6.07, 6.45) is 8.22. The van der Waals surface area contributed by atoms with Gasteiger partial charge in [0.1, 0.15) is 0 Å². The maximum absolute atomic E-state index is 5.87. The van der Waals surface area contributed by atoms with Crippen LogP contribution in [-0.4, -0.2) is 6.04 Å². The summed E-state index contributed by atoms with van der Waals surface area (Å²) in [5, 5.41) is 3.71. The lowest BCUT2D eigenvalue weighted by atomic mass is 9.83. The van der Waals surface area contributed by atoms with E-state index >= 15 is 0 Å². The van der Waals surface area contributed by atoms with Crippen molar-refractivity contribution in [3.8, 4) is 0 Å². The summed E-state index contributed by atoms with van der Waals surface area (Å²) in [7, 11) is 0. The Labute approximate surface area is 111 Å². The van der Waals surface area contributed by atoms with Crippen molar-refractivity contribution in [2.75, 3.05) is 11.1 Å². The SMILES string of the molecule is CCC(Nc1ccc(N)c(C)c1)C1CCCCC1. The Morgan fingerprint density at radius 3 is 2.61 bits per heavy atom. The molecule has 0 bridgehead atoms. The van der Waals surface area contributed by atoms with Crippen molar-refractivity contribution < 1.29 is 0 Å². The molecule has 1 aromatic rings. The van der Waals surface area contributed by atoms with Gasteiger partial charge < -0.3 is 11.1 Å². The molecule has 1 aliphatic carbocycles. The van der Waals surface area contributed by atoms with Gasteiger partial charge in [-0.1, -0.05) is 26.2 Å². The lowest BCUT2D eigenvalue weighted by Gasteiger charge is -2.31. The van der Waals surface area contributed by atoms with Gasteiger partial charge in [0.15, 0.2) is 0 Å². The molecule has 1 saturated carbocycles. The standard InChI is InChI=1S/C16H26N2/c1-3-16(13-7-5-4-6-8-13)18-14-9-10-15(17)12(2)11-14/h9-11,13,16,18H,3-8,17H2,1-2H3. The second kappa shape index (κ2) is 6.12. The van der Waals surface area contributed by atoms with Crippen LogP contribution in [0.25, 0.3) is 0 Å². The summed E-state index contributed by atoms with van der Waals surface area (Å²) in [6.45, 7) is 4.36. The van der Waals surface area contributed by atoms with Crippen molar-refractivity contribution in [3.05, 3.63) is 23.8 Å². The molecule has 0 saturated heterocycles. The van der Waals surface area contributed by atoms with Gasteiger partial charge in [-0.25, -0.2) is 0 Å². The number of nitrogens with two attached hydrogens (primary N) is 1. The van der Waals surface area contributed by atoms with Gasteiger partial charge in [0.25, 0.3) is 0 Å². The number of hydrogen-bond donors (Lipinski definition) is 2. The van der Waals surface area contributed by atoms with E-state index in [1.807, 2.05) is 6.07 Å². The maximum Gasteiger partial charge on any atom is 0.0346 e. The first kappa shape index (κ1) is 13.3. The van der Waals surface area contributed by atoms with Gasteiger partial charge in [-0.15, -0.1) is 0 Å². The van der Waals surface area contributed by atoms with E-state index in [9.17, 15) is 0 Å². The van der Waals surface area contributed by atoms with Gasteiger partial charge in [-0.3, -0.25) is 0 Å². The highest BCUT2D eigenvalue weighted by Crippen LogP contribution is 2.30. The highest BCUT2D eigenvalue weighted by atomic mass is 14.9. The Bertz CT molecular complexity index is 381. The molecular weight excluding hydrogens is 220 g/mol. The lowest BCUT2D eigenvalue weighted by Crippen LogP contribution is -2.30. The number of anilines is 2. The topological polar surface area (TPSA) is 38.0 Å². The molecule has 2 heteroatoms. The van der Waals surface area contributed by atoms with Crippen LogP contribution < -0.4 is 11.1 Å². The van der Waals surface area contributed by atoms with Crippen LogP contribution >= 0.6 is 0 Å². The van der Waals surface area contributed by atoms with Crippen molar-refractivity contribution in [1.82, 2.24) is 0 Å². The Balaban J connectivity index is 2.02. The maximum atomic E-state index is 5.87. The van der Waals surface area contributed by atoms with E-state index in [2.05, 4.69) is 31.3 Å². The van der Waals surface area contributed by atoms with Gasteiger partial charge in [-0.2, -0.15) is 0 Å². The van der Waals surface area contributed by atoms with Crippen LogP contribution in [0.1, 0.15) is 51.0 Å². The van der Waals surface area contributed by atoms with Crippen LogP contribution in [-0.2, 0) is 0 Å². The molecule has 100 valence electrons. The van der Waals surface area contributed by atoms with E-state index in [1.54, 1.807) is 0 Å². The van der Waals surface area contributed by atoms with Gasteiger partial charge >= 0.3 is 0 Å². The average Bonchev–Trinajstić information content (AvgIpc) is 2.41. The van der Waals surface area contributed by atoms with Crippen molar-refractivity contribution in [2.24, 2.45) is 5.92 Å². The van der Waals surface area contributed by atoms with Crippen LogP contribution in [0.2, 0.25) is 0 Å². The first-order valence-electron chi connectivity index (χ1n) is 7.33. The molecule has 18 heavy (non-hydrogen) atoms. The quantitative estimate of drug-likeness (QED) is 0.775. The predicted molar refractivity (Wildman–Crippen MR) is 79.9 cm³/mol. The number of rotatable bonds is 4. The van der Waals surface area contributed by atoms with Crippen molar-refractivity contribution >= 4 is 11.4 Å². The molecular formula is C16H26N2. The number of hydrogen-bond acceptors (Lipinski definition) is 2. The minimum atomic E-state index is 0.619. The molecule has 0 aromatic heterocycles. The lowest BCUT2D eigenvalue weighted by molar-refractivity contribution is 0.313. The number of nitrogen functional groups attached to an aromatic ring is 1. The van der Waals surface area contributed by atoms with Crippen LogP contribution in [0.3, 0.4) is 0 Å². The smallest absolute Gasteiger partial charge is 0.0346 e. The van der Waals surface area contributed by atoms with Crippen LogP contribution in [0.5, 0.6) is 0 Å². The largest absolute Gasteiger partial charge is 0.399 e. The molecule has 0 heterocycles. The minimum Gasteiger partial charge on any atom is -0.399 e. The predicted octanol–water partition coefficient (Wildman–Crippen LogP) is 4.35. The molecule has 0 aliphatic heterocycles. The minimum absolute atomic E-state index is 0.619. The fourth-order valence-electron chi connectivity index (χ4n) is 3.07. The fourth-order valence-corrected chi connectivity index (χ4v) is 3.07. The molecule has 1 atom stereocenters. The number of aryl methyl sites for hydroxylation is 1. The first-order valence-corrected chi connectivity index (χ1v) is 7.33. The highest BCUT2D eigenvalue weighted by molar-refractivity contribution is 5.57. The zero-order chi connectivity index (χ0) is 13.0. The van der Waals surface area contributed by atoms with E-state index in [0.29, 0.717) is 6.04 Å². The summed E-state index contributed by atoms with van der Waals surface area (Å²) in [5.74, 6) is 0.849. The van der Waals surface area contributed by atoms with Crippen LogP contribution in [0.15, 0.2) is 18.2 Å². The molecule has 1 fully saturated rings. The van der Waals surface area contributed by atoms with Gasteiger partial charge in [-0.05, 0) is 55.9 Å². The molecule has 1 aromatic carbocycles. The molecule has 1 unspecified atom stereocenters. The molecule has 0 amide bonds. The number of nitrogens with one attached hydrogen (secondary N) is 1. The summed E-state index contributed by atoms with van der Waals surface area (Å²) in [4.78, 5) is 0. The molecule has 2 nitrogen and oxygen atoms in total. The Hall–Kier alpha value is -1.18. The highest BCUT2D eigenvalue weighted by Gasteiger charge is 2.22. The summed E-state index contributed by atoms with van der Waals surface area (Å²) in [6, 6.07) is 6.90. The first-order chi connectivity index (χ1) is 8.70. The van der Waals surface area contributed by atoms with Crippen molar-refractivity contribution in [2.45, 2.75) is 58.4 Å². The second-order valence-electron chi connectivity index (χ2n) is 5.63. The van der Waals surface area contributed by atoms with Gasteiger partial charge in [0.2, 0.25) is 0 Å². The molecule has 2 rings (SSSR count). The van der Waals surface area contributed by atoms with Gasteiger partial charge in [0.05, 0.1) is 0 Å². The van der Waals surface area contributed by atoms with Crippen LogP contribution in [0.4, 0.5) is 11.4 Å². The summed E-state index contributed by atoms with van der Waals surface area (Å²) in [5.41, 5.74) is 9.13. The molecule has 0 spiro atoms. The normalized spacial score (nSPS) is 18.6. The van der Waals surface area contributed by atoms with E-state index in [0.717, 1.165) is 11.6 Å². The third kappa shape index (κ3) is 3.18. The Morgan fingerprint density at radius 1 is 1.28 bits per heavy atom. The molecule has 1 aliphatic rings. The molecule has 3 N–H and O–H groups in total. The van der Waals surface area contributed by atoms with E-state index in [-0.39, 0.29) is 0 Å². The Morgan fingerprint density at radius 2 is 2.00 bits per heavy atom. The fraction of sp³-hybridized carbons (Fsp3) is 0.625. The third-order valence-corrected chi connectivity index (χ3v) is 4.28. The molecule has 0 radical (unpaired) electrons. The summed E-state index contributed by atoms with van der Waals surface area (Å²) >= 11 is 0. The second-order valence-corrected chi connectivity index (χ2v) is 5.63. The van der Waals surface area contributed by atoms with Crippen molar-refractivity contribution in [3.63, 3.8) is 0 Å². The average molecular weight is 246 g/mol. The van der Waals surface area contributed by atoms with Crippen LogP contribution in [0, 0.1) is 12.8 Å². The number of benzene rings is 1. The zero-order valence-electron chi connectivity index (χ0n) is 11.7. The summed E-state index contributed by atoms with van der Waals surface area (Å²) < 4.78 is 0. The van der Waals surface area contributed by atoms with E-state index in [1.165, 1.54) is 49.8 Å². The van der Waals surface area contributed by atoms with E-state index < -0.39 is 0 Å². The van der Waals surface area contributed by atoms with E-state index in [4.69, 9.17) is 5.73 Å². The van der Waals surface area contributed by atoms with Gasteiger partial charge in [0, 0.05) is 17.4 Å². The Kier molecular flexibility index (Phi) is 4.51. The third-order valence-electron chi connectivity index (χ3n) is 4.28. The zero-order valence-corrected chi connectivity index (χ0v) is 11.7. The van der Waals surface area contributed by atoms with Crippen molar-refractivity contribution in [1.29, 1.82) is 0 Å². The monoisotopic (exact) mass is 246 g/mol.